The van der Waals surface area contributed by atoms with E-state index in [4.69, 9.17) is 5.73 Å². The van der Waals surface area contributed by atoms with E-state index in [-0.39, 0.29) is 5.91 Å². The number of benzene rings is 1. The van der Waals surface area contributed by atoms with Crippen LogP contribution in [0, 0.1) is 13.8 Å². The maximum Gasteiger partial charge on any atom is 0.271 e. The molecule has 3 rings (SSSR count). The number of anilines is 2. The topological polar surface area (TPSA) is 72.1 Å². The van der Waals surface area contributed by atoms with Gasteiger partial charge < -0.3 is 10.6 Å². The van der Waals surface area contributed by atoms with Crippen molar-refractivity contribution in [2.75, 3.05) is 17.2 Å². The second kappa shape index (κ2) is 4.31. The van der Waals surface area contributed by atoms with Gasteiger partial charge >= 0.3 is 0 Å². The van der Waals surface area contributed by atoms with E-state index < -0.39 is 0 Å². The largest absolute Gasteiger partial charge is 0.398 e. The fraction of sp³-hybridized carbons (Fsp3) is 0.308. The SMILES string of the molecule is Cc1cc2c(cc1N)N(C(=O)c1snnc1C)CC2. The number of amides is 1. The number of fused-ring (bicyclic) bond motifs is 1. The Bertz CT molecular complexity index is 665. The fourth-order valence-corrected chi connectivity index (χ4v) is 2.94. The van der Waals surface area contributed by atoms with Crippen LogP contribution in [0.3, 0.4) is 0 Å². The molecule has 0 fully saturated rings. The van der Waals surface area contributed by atoms with Crippen molar-refractivity contribution in [1.82, 2.24) is 9.59 Å². The van der Waals surface area contributed by atoms with Gasteiger partial charge in [-0.25, -0.2) is 0 Å². The first-order chi connectivity index (χ1) is 9.08. The van der Waals surface area contributed by atoms with Crippen LogP contribution in [0.25, 0.3) is 0 Å². The van der Waals surface area contributed by atoms with Gasteiger partial charge in [-0.2, -0.15) is 0 Å². The van der Waals surface area contributed by atoms with Crippen molar-refractivity contribution in [3.8, 4) is 0 Å². The van der Waals surface area contributed by atoms with E-state index in [9.17, 15) is 4.79 Å². The second-order valence-corrected chi connectivity index (χ2v) is 5.49. The van der Waals surface area contributed by atoms with Crippen molar-refractivity contribution in [1.29, 1.82) is 0 Å². The molecule has 1 aromatic heterocycles. The van der Waals surface area contributed by atoms with Crippen LogP contribution < -0.4 is 10.6 Å². The Morgan fingerprint density at radius 3 is 2.89 bits per heavy atom. The minimum atomic E-state index is -0.0329. The van der Waals surface area contributed by atoms with Gasteiger partial charge in [-0.05, 0) is 49.0 Å². The van der Waals surface area contributed by atoms with E-state index in [1.165, 1.54) is 5.56 Å². The average Bonchev–Trinajstić information content (AvgIpc) is 2.96. The third-order valence-electron chi connectivity index (χ3n) is 3.45. The molecule has 5 nitrogen and oxygen atoms in total. The molecule has 0 saturated heterocycles. The first-order valence-corrected chi connectivity index (χ1v) is 6.85. The Labute approximate surface area is 115 Å². The molecule has 1 amide bonds. The molecule has 0 bridgehead atoms. The maximum absolute atomic E-state index is 12.5. The smallest absolute Gasteiger partial charge is 0.271 e. The summed E-state index contributed by atoms with van der Waals surface area (Å²) >= 11 is 1.14. The molecular formula is C13H14N4OS. The van der Waals surface area contributed by atoms with Crippen molar-refractivity contribution < 1.29 is 4.79 Å². The molecular weight excluding hydrogens is 260 g/mol. The second-order valence-electron chi connectivity index (χ2n) is 4.73. The van der Waals surface area contributed by atoms with Crippen LogP contribution in [0.4, 0.5) is 11.4 Å². The van der Waals surface area contributed by atoms with Crippen LogP contribution in [0.2, 0.25) is 0 Å². The number of nitrogens with zero attached hydrogens (tertiary/aromatic N) is 3. The van der Waals surface area contributed by atoms with Crippen molar-refractivity contribution in [2.45, 2.75) is 20.3 Å². The van der Waals surface area contributed by atoms with E-state index in [0.717, 1.165) is 34.9 Å². The van der Waals surface area contributed by atoms with Gasteiger partial charge in [0.1, 0.15) is 4.88 Å². The fourth-order valence-electron chi connectivity index (χ4n) is 2.34. The number of carbonyl (C=O) groups is 1. The molecule has 19 heavy (non-hydrogen) atoms. The standard InChI is InChI=1S/C13H14N4OS/c1-7-5-9-3-4-17(11(9)6-10(7)14)13(18)12-8(2)15-16-19-12/h5-6H,3-4,14H2,1-2H3. The highest BCUT2D eigenvalue weighted by molar-refractivity contribution is 7.08. The molecule has 1 aliphatic heterocycles. The van der Waals surface area contributed by atoms with Crippen molar-refractivity contribution in [3.63, 3.8) is 0 Å². The molecule has 6 heteroatoms. The quantitative estimate of drug-likeness (QED) is 0.807. The first-order valence-electron chi connectivity index (χ1n) is 6.07. The molecule has 0 unspecified atom stereocenters. The van der Waals surface area contributed by atoms with Crippen LogP contribution in [-0.2, 0) is 6.42 Å². The van der Waals surface area contributed by atoms with E-state index in [1.807, 2.05) is 13.0 Å². The van der Waals surface area contributed by atoms with Gasteiger partial charge in [0.2, 0.25) is 0 Å². The normalized spacial score (nSPS) is 13.7. The molecule has 1 aliphatic rings. The zero-order valence-electron chi connectivity index (χ0n) is 10.8. The average molecular weight is 274 g/mol. The van der Waals surface area contributed by atoms with E-state index in [0.29, 0.717) is 17.1 Å². The highest BCUT2D eigenvalue weighted by Gasteiger charge is 2.28. The van der Waals surface area contributed by atoms with E-state index in [2.05, 4.69) is 15.7 Å². The Morgan fingerprint density at radius 1 is 1.42 bits per heavy atom. The lowest BCUT2D eigenvalue weighted by Gasteiger charge is -2.17. The summed E-state index contributed by atoms with van der Waals surface area (Å²) in [7, 11) is 0. The van der Waals surface area contributed by atoms with Gasteiger partial charge in [0, 0.05) is 17.9 Å². The van der Waals surface area contributed by atoms with Crippen LogP contribution in [-0.4, -0.2) is 22.0 Å². The summed E-state index contributed by atoms with van der Waals surface area (Å²) in [6, 6.07) is 3.95. The van der Waals surface area contributed by atoms with Crippen molar-refractivity contribution >= 4 is 28.8 Å². The predicted molar refractivity (Wildman–Crippen MR) is 75.6 cm³/mol. The summed E-state index contributed by atoms with van der Waals surface area (Å²) in [5.74, 6) is -0.0329. The maximum atomic E-state index is 12.5. The molecule has 0 radical (unpaired) electrons. The summed E-state index contributed by atoms with van der Waals surface area (Å²) in [5.41, 5.74) is 10.5. The summed E-state index contributed by atoms with van der Waals surface area (Å²) in [6.07, 6.45) is 0.869. The summed E-state index contributed by atoms with van der Waals surface area (Å²) < 4.78 is 3.82. The number of aromatic nitrogens is 2. The third-order valence-corrected chi connectivity index (χ3v) is 4.27. The molecule has 2 aromatic rings. The van der Waals surface area contributed by atoms with Gasteiger partial charge in [-0.1, -0.05) is 10.6 Å². The molecule has 2 heterocycles. The zero-order valence-corrected chi connectivity index (χ0v) is 11.6. The zero-order chi connectivity index (χ0) is 13.6. The highest BCUT2D eigenvalue weighted by atomic mass is 32.1. The number of nitrogens with two attached hydrogens (primary N) is 1. The third kappa shape index (κ3) is 1.88. The van der Waals surface area contributed by atoms with Gasteiger partial charge in [0.25, 0.3) is 5.91 Å². The molecule has 98 valence electrons. The predicted octanol–water partition coefficient (Wildman–Crippen LogP) is 1.94. The first kappa shape index (κ1) is 12.1. The van der Waals surface area contributed by atoms with Gasteiger partial charge in [0.05, 0.1) is 5.69 Å². The number of carbonyl (C=O) groups excluding carboxylic acids is 1. The molecule has 0 spiro atoms. The van der Waals surface area contributed by atoms with Crippen LogP contribution >= 0.6 is 11.5 Å². The number of aryl methyl sites for hydroxylation is 2. The minimum Gasteiger partial charge on any atom is -0.398 e. The van der Waals surface area contributed by atoms with Crippen LogP contribution in [0.15, 0.2) is 12.1 Å². The van der Waals surface area contributed by atoms with E-state index >= 15 is 0 Å². The van der Waals surface area contributed by atoms with Crippen molar-refractivity contribution in [2.24, 2.45) is 0 Å². The minimum absolute atomic E-state index is 0.0329. The lowest BCUT2D eigenvalue weighted by molar-refractivity contribution is 0.0992. The molecule has 0 atom stereocenters. The summed E-state index contributed by atoms with van der Waals surface area (Å²) in [5, 5.41) is 3.89. The Kier molecular flexibility index (Phi) is 2.74. The Morgan fingerprint density at radius 2 is 2.21 bits per heavy atom. The van der Waals surface area contributed by atoms with Crippen LogP contribution in [0.1, 0.15) is 26.5 Å². The monoisotopic (exact) mass is 274 g/mol. The molecule has 0 saturated carbocycles. The summed E-state index contributed by atoms with van der Waals surface area (Å²) in [4.78, 5) is 14.9. The number of nitrogen functional groups attached to an aromatic ring is 1. The van der Waals surface area contributed by atoms with Gasteiger partial charge in [0.15, 0.2) is 0 Å². The van der Waals surface area contributed by atoms with Gasteiger partial charge in [-0.15, -0.1) is 5.10 Å². The lowest BCUT2D eigenvalue weighted by atomic mass is 10.1. The highest BCUT2D eigenvalue weighted by Crippen LogP contribution is 2.33. The van der Waals surface area contributed by atoms with Crippen molar-refractivity contribution in [3.05, 3.63) is 33.8 Å². The molecule has 2 N–H and O–H groups in total. The number of hydrogen-bond acceptors (Lipinski definition) is 5. The lowest BCUT2D eigenvalue weighted by Crippen LogP contribution is -2.28. The number of rotatable bonds is 1. The molecule has 1 aromatic carbocycles. The molecule has 0 aliphatic carbocycles. The van der Waals surface area contributed by atoms with Crippen LogP contribution in [0.5, 0.6) is 0 Å². The summed E-state index contributed by atoms with van der Waals surface area (Å²) in [6.45, 7) is 4.48. The number of hydrogen-bond donors (Lipinski definition) is 1. The Balaban J connectivity index is 2.01. The van der Waals surface area contributed by atoms with E-state index in [1.54, 1.807) is 11.8 Å². The van der Waals surface area contributed by atoms with Gasteiger partial charge in [-0.3, -0.25) is 4.79 Å². The Hall–Kier alpha value is -1.95.